The molecule has 26 heavy (non-hydrogen) atoms. The van der Waals surface area contributed by atoms with Gasteiger partial charge < -0.3 is 18.6 Å². The molecule has 0 bridgehead atoms. The van der Waals surface area contributed by atoms with E-state index in [1.165, 1.54) is 0 Å². The number of hydrogen-bond acceptors (Lipinski definition) is 4. The third kappa shape index (κ3) is 3.41. The van der Waals surface area contributed by atoms with Crippen LogP contribution in [-0.4, -0.2) is 33.0 Å². The van der Waals surface area contributed by atoms with E-state index < -0.39 is 0 Å². The Kier molecular flexibility index (Phi) is 4.58. The predicted octanol–water partition coefficient (Wildman–Crippen LogP) is 3.03. The van der Waals surface area contributed by atoms with Crippen molar-refractivity contribution < 1.29 is 13.9 Å². The molecule has 0 N–H and O–H groups in total. The van der Waals surface area contributed by atoms with Gasteiger partial charge in [-0.1, -0.05) is 6.07 Å². The summed E-state index contributed by atoms with van der Waals surface area (Å²) in [5, 5.41) is 0. The second-order valence-electron chi connectivity index (χ2n) is 6.52. The van der Waals surface area contributed by atoms with Crippen LogP contribution in [0, 0.1) is 6.92 Å². The fraction of sp³-hybridized carbons (Fsp3) is 0.300. The first-order valence-corrected chi connectivity index (χ1v) is 8.69. The van der Waals surface area contributed by atoms with Crippen LogP contribution >= 0.6 is 0 Å². The Labute approximate surface area is 152 Å². The van der Waals surface area contributed by atoms with Crippen molar-refractivity contribution in [1.82, 2.24) is 14.5 Å². The third-order valence-corrected chi connectivity index (χ3v) is 4.64. The molecule has 134 valence electrons. The highest BCUT2D eigenvalue weighted by molar-refractivity contribution is 5.92. The van der Waals surface area contributed by atoms with E-state index in [2.05, 4.69) is 9.55 Å². The second-order valence-corrected chi connectivity index (χ2v) is 6.52. The number of aromatic nitrogens is 2. The van der Waals surface area contributed by atoms with Crippen molar-refractivity contribution in [3.8, 4) is 0 Å². The van der Waals surface area contributed by atoms with Crippen LogP contribution in [0.2, 0.25) is 0 Å². The van der Waals surface area contributed by atoms with Gasteiger partial charge in [0.1, 0.15) is 0 Å². The summed E-state index contributed by atoms with van der Waals surface area (Å²) in [6.45, 7) is 4.05. The van der Waals surface area contributed by atoms with Crippen LogP contribution in [-0.2, 0) is 24.4 Å². The molecule has 0 aromatic carbocycles. The Morgan fingerprint density at radius 1 is 1.27 bits per heavy atom. The van der Waals surface area contributed by atoms with Gasteiger partial charge in [0, 0.05) is 30.2 Å². The summed E-state index contributed by atoms with van der Waals surface area (Å²) in [5.41, 5.74) is 2.82. The average Bonchev–Trinajstić information content (AvgIpc) is 3.24. The molecule has 0 radical (unpaired) electrons. The lowest BCUT2D eigenvalue weighted by Gasteiger charge is -2.24. The van der Waals surface area contributed by atoms with Crippen LogP contribution in [0.25, 0.3) is 0 Å². The topological polar surface area (TPSA) is 60.5 Å². The van der Waals surface area contributed by atoms with Crippen molar-refractivity contribution in [2.24, 2.45) is 0 Å². The summed E-state index contributed by atoms with van der Waals surface area (Å²) in [6.07, 6.45) is 5.21. The molecule has 1 aliphatic heterocycles. The lowest BCUT2D eigenvalue weighted by Crippen LogP contribution is -2.37. The first kappa shape index (κ1) is 16.6. The number of ether oxygens (including phenoxy) is 1. The summed E-state index contributed by atoms with van der Waals surface area (Å²) in [7, 11) is 0. The van der Waals surface area contributed by atoms with Crippen LogP contribution in [0.1, 0.15) is 27.5 Å². The average molecular weight is 351 g/mol. The van der Waals surface area contributed by atoms with Crippen molar-refractivity contribution in [2.45, 2.75) is 32.7 Å². The zero-order chi connectivity index (χ0) is 17.9. The van der Waals surface area contributed by atoms with Gasteiger partial charge in [-0.15, -0.1) is 0 Å². The Balaban J connectivity index is 1.53. The maximum Gasteiger partial charge on any atom is 0.290 e. The Hall–Kier alpha value is -2.86. The van der Waals surface area contributed by atoms with Gasteiger partial charge in [0.25, 0.3) is 5.91 Å². The summed E-state index contributed by atoms with van der Waals surface area (Å²) >= 11 is 0. The number of carbonyl (C=O) groups excluding carboxylic acids is 1. The van der Waals surface area contributed by atoms with Gasteiger partial charge in [-0.25, -0.2) is 0 Å². The minimum absolute atomic E-state index is 0.103. The number of aryl methyl sites for hydroxylation is 1. The quantitative estimate of drug-likeness (QED) is 0.725. The van der Waals surface area contributed by atoms with E-state index in [9.17, 15) is 4.79 Å². The van der Waals surface area contributed by atoms with E-state index in [1.54, 1.807) is 17.4 Å². The minimum Gasteiger partial charge on any atom is -0.459 e. The fourth-order valence-corrected chi connectivity index (χ4v) is 3.24. The number of pyridine rings is 1. The largest absolute Gasteiger partial charge is 0.459 e. The molecular formula is C20H21N3O3. The number of nitrogens with zero attached hydrogens (tertiary/aromatic N) is 3. The zero-order valence-electron chi connectivity index (χ0n) is 14.7. The standard InChI is InChI=1S/C20H21N3O3/c1-15-7-10-25-19(15)20(24)23-11-17-6-4-9-22(17)12-18(13-23)26-14-16-5-2-3-8-21-16/h2-10,18H,11-14H2,1H3/t18-/m1/s1. The summed E-state index contributed by atoms with van der Waals surface area (Å²) in [4.78, 5) is 19.0. The molecule has 4 heterocycles. The minimum atomic E-state index is -0.120. The van der Waals surface area contributed by atoms with Gasteiger partial charge >= 0.3 is 0 Å². The molecule has 3 aromatic rings. The van der Waals surface area contributed by atoms with Gasteiger partial charge in [-0.3, -0.25) is 9.78 Å². The van der Waals surface area contributed by atoms with Crippen LogP contribution in [0.4, 0.5) is 0 Å². The molecule has 0 aliphatic carbocycles. The lowest BCUT2D eigenvalue weighted by atomic mass is 10.2. The Bertz CT molecular complexity index is 885. The molecule has 6 heteroatoms. The molecule has 0 fully saturated rings. The van der Waals surface area contributed by atoms with E-state index in [4.69, 9.17) is 9.15 Å². The van der Waals surface area contributed by atoms with Crippen LogP contribution < -0.4 is 0 Å². The smallest absolute Gasteiger partial charge is 0.290 e. The fourth-order valence-electron chi connectivity index (χ4n) is 3.24. The van der Waals surface area contributed by atoms with E-state index in [0.717, 1.165) is 17.0 Å². The lowest BCUT2D eigenvalue weighted by molar-refractivity contribution is 0.00847. The normalized spacial score (nSPS) is 17.0. The van der Waals surface area contributed by atoms with E-state index in [0.29, 0.717) is 32.0 Å². The van der Waals surface area contributed by atoms with Gasteiger partial charge in [0.15, 0.2) is 5.76 Å². The van der Waals surface area contributed by atoms with Crippen molar-refractivity contribution in [2.75, 3.05) is 6.54 Å². The molecule has 4 rings (SSSR count). The number of carbonyl (C=O) groups is 1. The third-order valence-electron chi connectivity index (χ3n) is 4.64. The van der Waals surface area contributed by atoms with Crippen molar-refractivity contribution >= 4 is 5.91 Å². The summed E-state index contributed by atoms with van der Waals surface area (Å²) < 4.78 is 13.6. The first-order chi connectivity index (χ1) is 12.7. The molecule has 0 saturated carbocycles. The molecule has 0 spiro atoms. The van der Waals surface area contributed by atoms with E-state index in [-0.39, 0.29) is 12.0 Å². The number of fused-ring (bicyclic) bond motifs is 1. The molecule has 3 aromatic heterocycles. The Morgan fingerprint density at radius 2 is 2.19 bits per heavy atom. The number of rotatable bonds is 4. The van der Waals surface area contributed by atoms with Crippen LogP contribution in [0.3, 0.4) is 0 Å². The van der Waals surface area contributed by atoms with E-state index in [1.807, 2.05) is 49.5 Å². The second kappa shape index (κ2) is 7.17. The number of hydrogen-bond donors (Lipinski definition) is 0. The monoisotopic (exact) mass is 351 g/mol. The van der Waals surface area contributed by atoms with Crippen molar-refractivity contribution in [1.29, 1.82) is 0 Å². The van der Waals surface area contributed by atoms with Crippen LogP contribution in [0.5, 0.6) is 0 Å². The van der Waals surface area contributed by atoms with Gasteiger partial charge in [-0.2, -0.15) is 0 Å². The Morgan fingerprint density at radius 3 is 2.96 bits per heavy atom. The maximum atomic E-state index is 12.9. The van der Waals surface area contributed by atoms with Crippen molar-refractivity contribution in [3.63, 3.8) is 0 Å². The highest BCUT2D eigenvalue weighted by Crippen LogP contribution is 2.20. The van der Waals surface area contributed by atoms with Crippen molar-refractivity contribution in [3.05, 3.63) is 77.8 Å². The molecule has 0 unspecified atom stereocenters. The molecule has 0 saturated heterocycles. The molecular weight excluding hydrogens is 330 g/mol. The highest BCUT2D eigenvalue weighted by atomic mass is 16.5. The highest BCUT2D eigenvalue weighted by Gasteiger charge is 2.28. The first-order valence-electron chi connectivity index (χ1n) is 8.69. The SMILES string of the molecule is Cc1ccoc1C(=O)N1Cc2cccn2C[C@@H](OCc2ccccn2)C1. The predicted molar refractivity (Wildman–Crippen MR) is 95.4 cm³/mol. The molecule has 1 amide bonds. The number of furan rings is 1. The van der Waals surface area contributed by atoms with Gasteiger partial charge in [0.2, 0.25) is 0 Å². The van der Waals surface area contributed by atoms with E-state index >= 15 is 0 Å². The summed E-state index contributed by atoms with van der Waals surface area (Å²) in [5.74, 6) is 0.294. The van der Waals surface area contributed by atoms with Gasteiger partial charge in [0.05, 0.1) is 37.8 Å². The molecule has 1 atom stereocenters. The number of amides is 1. The maximum absolute atomic E-state index is 12.9. The zero-order valence-corrected chi connectivity index (χ0v) is 14.7. The van der Waals surface area contributed by atoms with Gasteiger partial charge in [-0.05, 0) is 37.3 Å². The summed E-state index contributed by atoms with van der Waals surface area (Å²) in [6, 6.07) is 11.6. The molecule has 1 aliphatic rings. The van der Waals surface area contributed by atoms with Crippen LogP contribution in [0.15, 0.2) is 59.5 Å². The molecule has 6 nitrogen and oxygen atoms in total.